The maximum atomic E-state index is 4.26. The molecule has 3 heteroatoms. The number of allylic oxidation sites excluding steroid dienone is 1. The third kappa shape index (κ3) is 0.994. The molecule has 0 unspecified atom stereocenters. The number of pyridine rings is 1. The molecular formula is C8H6IN2+. The molecule has 0 fully saturated rings. The Bertz CT molecular complexity index is 434. The van der Waals surface area contributed by atoms with E-state index >= 15 is 0 Å². The van der Waals surface area contributed by atoms with Crippen molar-refractivity contribution in [1.29, 1.82) is 0 Å². The Balaban J connectivity index is 3.00. The summed E-state index contributed by atoms with van der Waals surface area (Å²) in [6, 6.07) is 5.92. The van der Waals surface area contributed by atoms with Crippen molar-refractivity contribution in [2.24, 2.45) is 4.99 Å². The fourth-order valence-electron chi connectivity index (χ4n) is 1.01. The van der Waals surface area contributed by atoms with Crippen molar-refractivity contribution in [1.82, 2.24) is 0 Å². The third-order valence-corrected chi connectivity index (χ3v) is 2.68. The van der Waals surface area contributed by atoms with Gasteiger partial charge in [0.25, 0.3) is 0 Å². The largest absolute Gasteiger partial charge is 0.329 e. The molecule has 0 radical (unpaired) electrons. The number of hydrogen-bond acceptors (Lipinski definition) is 1. The third-order valence-electron chi connectivity index (χ3n) is 1.54. The average Bonchev–Trinajstić information content (AvgIpc) is 2.30. The van der Waals surface area contributed by atoms with Gasteiger partial charge in [-0.25, -0.2) is 0 Å². The maximum Gasteiger partial charge on any atom is 0.329 e. The molecule has 0 spiro atoms. The molecule has 2 nitrogen and oxygen atoms in total. The predicted octanol–water partition coefficient (Wildman–Crippen LogP) is 0.894. The fraction of sp³-hybridized carbons (Fsp3) is 0. The minimum atomic E-state index is 0.844. The number of halogens is 1. The van der Waals surface area contributed by atoms with Crippen LogP contribution in [0.3, 0.4) is 0 Å². The minimum Gasteiger partial charge on any atom is -0.187 e. The molecule has 0 saturated heterocycles. The summed E-state index contributed by atoms with van der Waals surface area (Å²) in [6.45, 7) is 3.82. The van der Waals surface area contributed by atoms with Gasteiger partial charge in [-0.1, -0.05) is 6.07 Å². The topological polar surface area (TPSA) is 18.3 Å². The Hall–Kier alpha value is -0.710. The van der Waals surface area contributed by atoms with Gasteiger partial charge in [-0.3, -0.25) is 0 Å². The van der Waals surface area contributed by atoms with Crippen molar-refractivity contribution < 1.29 is 4.24 Å². The highest BCUT2D eigenvalue weighted by molar-refractivity contribution is 14.1. The average molecular weight is 257 g/mol. The van der Waals surface area contributed by atoms with Crippen LogP contribution < -0.4 is 9.73 Å². The summed E-state index contributed by atoms with van der Waals surface area (Å²) >= 11 is 2.24. The fourth-order valence-corrected chi connectivity index (χ4v) is 1.54. The smallest absolute Gasteiger partial charge is 0.187 e. The molecule has 2 rings (SSSR count). The minimum absolute atomic E-state index is 0.844. The second kappa shape index (κ2) is 2.41. The molecule has 54 valence electrons. The van der Waals surface area contributed by atoms with Gasteiger partial charge >= 0.3 is 5.49 Å². The number of hydrogen-bond donors (Lipinski definition) is 0. The lowest BCUT2D eigenvalue weighted by Gasteiger charge is -1.78. The van der Waals surface area contributed by atoms with Gasteiger partial charge in [-0.2, -0.15) is 4.24 Å². The molecule has 2 heterocycles. The summed E-state index contributed by atoms with van der Waals surface area (Å²) in [5, 5.41) is 0. The molecule has 0 aromatic carbocycles. The lowest BCUT2D eigenvalue weighted by molar-refractivity contribution is -0.523. The first-order chi connectivity index (χ1) is 5.29. The monoisotopic (exact) mass is 257 g/mol. The maximum absolute atomic E-state index is 4.26. The SMILES string of the molecule is C=C1N=c2cccc[n+]2=C1I. The molecule has 0 saturated carbocycles. The zero-order valence-electron chi connectivity index (χ0n) is 5.79. The molecule has 0 N–H and O–H groups in total. The van der Waals surface area contributed by atoms with Crippen molar-refractivity contribution in [2.75, 3.05) is 0 Å². The van der Waals surface area contributed by atoms with E-state index < -0.39 is 0 Å². The van der Waals surface area contributed by atoms with E-state index in [1.807, 2.05) is 28.6 Å². The first kappa shape index (κ1) is 6.97. The first-order valence-corrected chi connectivity index (χ1v) is 4.31. The predicted molar refractivity (Wildman–Crippen MR) is 49.6 cm³/mol. The Morgan fingerprint density at radius 3 is 3.00 bits per heavy atom. The molecule has 1 aromatic heterocycles. The number of nitrogens with zero attached hydrogens (tertiary/aromatic N) is 2. The van der Waals surface area contributed by atoms with E-state index in [0.29, 0.717) is 0 Å². The Kier molecular flexibility index (Phi) is 1.52. The molecule has 1 aliphatic heterocycles. The Morgan fingerprint density at radius 1 is 1.45 bits per heavy atom. The number of aromatic nitrogens is 1. The second-order valence-corrected chi connectivity index (χ2v) is 3.30. The van der Waals surface area contributed by atoms with Gasteiger partial charge in [-0.05, 0) is 17.6 Å². The van der Waals surface area contributed by atoms with E-state index in [-0.39, 0.29) is 0 Å². The lowest BCUT2D eigenvalue weighted by atomic mass is 10.5. The quantitative estimate of drug-likeness (QED) is 0.485. The summed E-state index contributed by atoms with van der Waals surface area (Å²) in [5.74, 6) is 0. The number of rotatable bonds is 0. The summed E-state index contributed by atoms with van der Waals surface area (Å²) < 4.78 is 3.10. The van der Waals surface area contributed by atoms with Gasteiger partial charge in [0, 0.05) is 28.7 Å². The standard InChI is InChI=1S/C8H6IN2/c1-6-8(9)11-5-3-2-4-7(11)10-6/h2-5H,1H2/q+1. The van der Waals surface area contributed by atoms with Crippen LogP contribution in [0.1, 0.15) is 0 Å². The van der Waals surface area contributed by atoms with Crippen LogP contribution in [0.25, 0.3) is 0 Å². The summed E-state index contributed by atoms with van der Waals surface area (Å²) in [6.07, 6.45) is 1.98. The van der Waals surface area contributed by atoms with Gasteiger partial charge in [0.05, 0.1) is 6.20 Å². The van der Waals surface area contributed by atoms with E-state index in [4.69, 9.17) is 0 Å². The van der Waals surface area contributed by atoms with E-state index in [2.05, 4.69) is 34.2 Å². The van der Waals surface area contributed by atoms with E-state index in [1.165, 1.54) is 0 Å². The van der Waals surface area contributed by atoms with Crippen LogP contribution in [-0.2, 0) is 0 Å². The normalized spacial score (nSPS) is 14.6. The van der Waals surface area contributed by atoms with Crippen molar-refractivity contribution in [2.45, 2.75) is 0 Å². The van der Waals surface area contributed by atoms with Crippen LogP contribution >= 0.6 is 22.6 Å². The zero-order chi connectivity index (χ0) is 7.84. The molecule has 0 atom stereocenters. The zero-order valence-corrected chi connectivity index (χ0v) is 7.95. The molecule has 1 aliphatic rings. The highest BCUT2D eigenvalue weighted by Crippen LogP contribution is 2.10. The second-order valence-electron chi connectivity index (χ2n) is 2.28. The van der Waals surface area contributed by atoms with Gasteiger partial charge in [0.15, 0.2) is 0 Å². The van der Waals surface area contributed by atoms with E-state index in [1.54, 1.807) is 0 Å². The Morgan fingerprint density at radius 2 is 2.27 bits per heavy atom. The van der Waals surface area contributed by atoms with Gasteiger partial charge in [0.2, 0.25) is 9.42 Å². The molecule has 0 aliphatic carbocycles. The summed E-state index contributed by atoms with van der Waals surface area (Å²) in [4.78, 5) is 4.26. The highest BCUT2D eigenvalue weighted by atomic mass is 127. The molecule has 0 amide bonds. The Labute approximate surface area is 77.8 Å². The van der Waals surface area contributed by atoms with Crippen LogP contribution in [0.15, 0.2) is 41.7 Å². The van der Waals surface area contributed by atoms with Crippen LogP contribution in [0.2, 0.25) is 0 Å². The van der Waals surface area contributed by atoms with Gasteiger partial charge < -0.3 is 0 Å². The van der Waals surface area contributed by atoms with Gasteiger partial charge in [0.1, 0.15) is 0 Å². The lowest BCUT2D eigenvalue weighted by Crippen LogP contribution is -2.34. The molecule has 1 aromatic rings. The first-order valence-electron chi connectivity index (χ1n) is 3.23. The van der Waals surface area contributed by atoms with Crippen LogP contribution in [0.4, 0.5) is 0 Å². The van der Waals surface area contributed by atoms with Gasteiger partial charge in [-0.15, -0.1) is 0 Å². The van der Waals surface area contributed by atoms with E-state index in [9.17, 15) is 0 Å². The number of fused-ring (bicyclic) bond motifs is 1. The van der Waals surface area contributed by atoms with Crippen molar-refractivity contribution in [3.63, 3.8) is 0 Å². The van der Waals surface area contributed by atoms with Crippen LogP contribution in [0.5, 0.6) is 0 Å². The molecule has 11 heavy (non-hydrogen) atoms. The van der Waals surface area contributed by atoms with Crippen LogP contribution in [-0.4, -0.2) is 0 Å². The summed E-state index contributed by atoms with van der Waals surface area (Å²) in [5.41, 5.74) is 1.80. The van der Waals surface area contributed by atoms with E-state index in [0.717, 1.165) is 14.9 Å². The van der Waals surface area contributed by atoms with Crippen LogP contribution in [0, 0.1) is 3.72 Å². The van der Waals surface area contributed by atoms with Crippen molar-refractivity contribution >= 4 is 22.6 Å². The van der Waals surface area contributed by atoms with Crippen molar-refractivity contribution in [3.8, 4) is 0 Å². The highest BCUT2D eigenvalue weighted by Gasteiger charge is 2.16. The molecular weight excluding hydrogens is 251 g/mol. The molecule has 0 bridgehead atoms. The van der Waals surface area contributed by atoms with Crippen molar-refractivity contribution in [3.05, 3.63) is 45.9 Å². The summed E-state index contributed by atoms with van der Waals surface area (Å²) in [7, 11) is 0.